The lowest BCUT2D eigenvalue weighted by Gasteiger charge is -2.42. The quantitative estimate of drug-likeness (QED) is 0.676. The fourth-order valence-corrected chi connectivity index (χ4v) is 9.03. The molecule has 0 spiro atoms. The van der Waals surface area contributed by atoms with E-state index in [9.17, 15) is 0 Å². The molecule has 0 unspecified atom stereocenters. The van der Waals surface area contributed by atoms with Crippen LogP contribution < -0.4 is 4.43 Å². The molecule has 0 atom stereocenters. The highest BCUT2D eigenvalue weighted by Crippen LogP contribution is 2.44. The summed E-state index contributed by atoms with van der Waals surface area (Å²) in [6, 6.07) is 5.87. The topological polar surface area (TPSA) is 29.5 Å². The Hall–Kier alpha value is -0.513. The minimum absolute atomic E-state index is 0.138. The molecular weight excluding hydrogens is 300 g/mol. The summed E-state index contributed by atoms with van der Waals surface area (Å²) in [5, 5.41) is 9.67. The Morgan fingerprint density at radius 3 is 1.95 bits per heavy atom. The smallest absolute Gasteiger partial charge is 0.258 e. The number of aliphatic hydroxyl groups excluding tert-OH is 1. The third-order valence-corrected chi connectivity index (χ3v) is 10.7. The third kappa shape index (κ3) is 4.02. The van der Waals surface area contributed by atoms with Crippen molar-refractivity contribution in [1.29, 1.82) is 0 Å². The van der Waals surface area contributed by atoms with E-state index in [1.807, 2.05) is 18.2 Å². The van der Waals surface area contributed by atoms with E-state index >= 15 is 0 Å². The van der Waals surface area contributed by atoms with E-state index in [1.54, 1.807) is 0 Å². The summed E-state index contributed by atoms with van der Waals surface area (Å²) in [5.74, 6) is 0.793. The molecule has 0 aliphatic carbocycles. The average molecular weight is 329 g/mol. The first-order valence-corrected chi connectivity index (χ1v) is 10.4. The van der Waals surface area contributed by atoms with Gasteiger partial charge in [0, 0.05) is 6.61 Å². The molecule has 120 valence electrons. The van der Waals surface area contributed by atoms with Gasteiger partial charge in [-0.3, -0.25) is 0 Å². The second-order valence-corrected chi connectivity index (χ2v) is 12.4. The van der Waals surface area contributed by atoms with Gasteiger partial charge in [-0.15, -0.1) is 0 Å². The van der Waals surface area contributed by atoms with Crippen LogP contribution in [0.3, 0.4) is 0 Å². The second kappa shape index (κ2) is 7.66. The van der Waals surface area contributed by atoms with Crippen molar-refractivity contribution in [2.45, 2.75) is 64.6 Å². The van der Waals surface area contributed by atoms with Crippen molar-refractivity contribution in [1.82, 2.24) is 0 Å². The van der Waals surface area contributed by atoms with Crippen LogP contribution in [0.15, 0.2) is 18.2 Å². The molecular formula is C17H29ClO2Si. The summed E-state index contributed by atoms with van der Waals surface area (Å²) in [4.78, 5) is 0. The molecule has 0 radical (unpaired) electrons. The van der Waals surface area contributed by atoms with Crippen molar-refractivity contribution in [2.75, 3.05) is 6.61 Å². The van der Waals surface area contributed by atoms with Crippen molar-refractivity contribution >= 4 is 19.9 Å². The molecule has 2 nitrogen and oxygen atoms in total. The van der Waals surface area contributed by atoms with Gasteiger partial charge >= 0.3 is 0 Å². The van der Waals surface area contributed by atoms with E-state index in [4.69, 9.17) is 21.1 Å². The summed E-state index contributed by atoms with van der Waals surface area (Å²) in [7, 11) is -1.97. The number of benzene rings is 1. The lowest BCUT2D eigenvalue weighted by molar-refractivity contribution is 0.299. The normalized spacial score (nSPS) is 12.5. The Balaban J connectivity index is 3.15. The zero-order valence-electron chi connectivity index (χ0n) is 14.1. The maximum Gasteiger partial charge on any atom is 0.258 e. The molecule has 0 aliphatic heterocycles. The van der Waals surface area contributed by atoms with Crippen LogP contribution in [0.5, 0.6) is 5.75 Å². The van der Waals surface area contributed by atoms with E-state index in [2.05, 4.69) is 41.5 Å². The molecule has 0 amide bonds. The first kappa shape index (κ1) is 18.5. The van der Waals surface area contributed by atoms with Crippen LogP contribution >= 0.6 is 11.6 Å². The Labute approximate surface area is 135 Å². The molecule has 1 aromatic rings. The molecule has 0 fully saturated rings. The van der Waals surface area contributed by atoms with Gasteiger partial charge in [-0.05, 0) is 40.7 Å². The zero-order valence-corrected chi connectivity index (χ0v) is 15.9. The molecule has 0 bridgehead atoms. The van der Waals surface area contributed by atoms with E-state index in [-0.39, 0.29) is 6.61 Å². The van der Waals surface area contributed by atoms with E-state index in [1.165, 1.54) is 0 Å². The van der Waals surface area contributed by atoms with E-state index < -0.39 is 8.32 Å². The van der Waals surface area contributed by atoms with Gasteiger partial charge < -0.3 is 9.53 Å². The first-order chi connectivity index (χ1) is 9.75. The first-order valence-electron chi connectivity index (χ1n) is 7.84. The third-order valence-electron chi connectivity index (χ3n) is 4.39. The number of rotatable bonds is 7. The van der Waals surface area contributed by atoms with Crippen LogP contribution in [0.25, 0.3) is 0 Å². The Morgan fingerprint density at radius 1 is 1.05 bits per heavy atom. The highest BCUT2D eigenvalue weighted by Gasteiger charge is 2.47. The molecule has 4 heteroatoms. The van der Waals surface area contributed by atoms with Gasteiger partial charge in [-0.2, -0.15) is 0 Å². The molecule has 21 heavy (non-hydrogen) atoms. The molecule has 0 saturated carbocycles. The Bertz CT molecular complexity index is 436. The van der Waals surface area contributed by atoms with Crippen LogP contribution in [0, 0.1) is 0 Å². The predicted molar refractivity (Wildman–Crippen MR) is 93.9 cm³/mol. The summed E-state index contributed by atoms with van der Waals surface area (Å²) < 4.78 is 6.59. The summed E-state index contributed by atoms with van der Waals surface area (Å²) in [5.41, 5.74) is 2.60. The molecule has 1 N–H and O–H groups in total. The zero-order chi connectivity index (χ0) is 16.2. The fourth-order valence-electron chi connectivity index (χ4n) is 3.46. The van der Waals surface area contributed by atoms with Gasteiger partial charge in [0.25, 0.3) is 8.32 Å². The largest absolute Gasteiger partial charge is 0.542 e. The van der Waals surface area contributed by atoms with Gasteiger partial charge in [0.2, 0.25) is 0 Å². The Kier molecular flexibility index (Phi) is 6.76. The van der Waals surface area contributed by atoms with Crippen LogP contribution in [0.1, 0.15) is 47.1 Å². The highest BCUT2D eigenvalue weighted by molar-refractivity contribution is 6.78. The summed E-state index contributed by atoms with van der Waals surface area (Å²) in [6.45, 7) is 13.7. The summed E-state index contributed by atoms with van der Waals surface area (Å²) in [6.07, 6.45) is 0.626. The maximum absolute atomic E-state index is 9.02. The van der Waals surface area contributed by atoms with Crippen molar-refractivity contribution in [2.24, 2.45) is 0 Å². The molecule has 1 aromatic carbocycles. The lowest BCUT2D eigenvalue weighted by atomic mass is 10.1. The minimum atomic E-state index is -1.97. The lowest BCUT2D eigenvalue weighted by Crippen LogP contribution is -2.50. The highest BCUT2D eigenvalue weighted by atomic mass is 35.5. The average Bonchev–Trinajstić information content (AvgIpc) is 2.36. The minimum Gasteiger partial charge on any atom is -0.542 e. The molecule has 0 aromatic heterocycles. The van der Waals surface area contributed by atoms with Gasteiger partial charge in [0.15, 0.2) is 0 Å². The SMILES string of the molecule is CC(C)[Si](Oc1ccc(CCO)cc1Cl)(C(C)C)C(C)C. The fraction of sp³-hybridized carbons (Fsp3) is 0.647. The van der Waals surface area contributed by atoms with Crippen LogP contribution in [0.4, 0.5) is 0 Å². The van der Waals surface area contributed by atoms with Crippen LogP contribution in [0.2, 0.25) is 21.6 Å². The van der Waals surface area contributed by atoms with Crippen LogP contribution in [-0.2, 0) is 6.42 Å². The van der Waals surface area contributed by atoms with Crippen molar-refractivity contribution < 1.29 is 9.53 Å². The van der Waals surface area contributed by atoms with E-state index in [0.29, 0.717) is 28.1 Å². The number of halogens is 1. The van der Waals surface area contributed by atoms with Gasteiger partial charge in [-0.1, -0.05) is 59.2 Å². The number of aliphatic hydroxyl groups is 1. The van der Waals surface area contributed by atoms with Crippen LogP contribution in [-0.4, -0.2) is 20.0 Å². The maximum atomic E-state index is 9.02. The summed E-state index contributed by atoms with van der Waals surface area (Å²) >= 11 is 6.40. The molecule has 1 rings (SSSR count). The van der Waals surface area contributed by atoms with Gasteiger partial charge in [-0.25, -0.2) is 0 Å². The number of hydrogen-bond acceptors (Lipinski definition) is 2. The number of hydrogen-bond donors (Lipinski definition) is 1. The van der Waals surface area contributed by atoms with Crippen molar-refractivity contribution in [3.05, 3.63) is 28.8 Å². The van der Waals surface area contributed by atoms with Gasteiger partial charge in [0.05, 0.1) is 5.02 Å². The van der Waals surface area contributed by atoms with Gasteiger partial charge in [0.1, 0.15) is 5.75 Å². The molecule has 0 heterocycles. The molecule has 0 aliphatic rings. The monoisotopic (exact) mass is 328 g/mol. The second-order valence-electron chi connectivity index (χ2n) is 6.66. The van der Waals surface area contributed by atoms with E-state index in [0.717, 1.165) is 11.3 Å². The van der Waals surface area contributed by atoms with Crippen molar-refractivity contribution in [3.8, 4) is 5.75 Å². The molecule has 0 saturated heterocycles. The predicted octanol–water partition coefficient (Wildman–Crippen LogP) is 5.43. The van der Waals surface area contributed by atoms with Crippen molar-refractivity contribution in [3.63, 3.8) is 0 Å². The standard InChI is InChI=1S/C17H29ClO2Si/c1-12(2)21(13(3)4,14(5)6)20-17-8-7-15(9-10-19)11-16(17)18/h7-8,11-14,19H,9-10H2,1-6H3. The Morgan fingerprint density at radius 2 is 1.57 bits per heavy atom.